The van der Waals surface area contributed by atoms with Crippen molar-refractivity contribution in [3.05, 3.63) is 29.8 Å². The normalized spacial score (nSPS) is 13.3. The van der Waals surface area contributed by atoms with Crippen molar-refractivity contribution in [1.82, 2.24) is 0 Å². The second kappa shape index (κ2) is 5.88. The molecule has 3 nitrogen and oxygen atoms in total. The smallest absolute Gasteiger partial charge is 0.325 e. The van der Waals surface area contributed by atoms with Crippen molar-refractivity contribution in [2.75, 3.05) is 5.32 Å². The summed E-state index contributed by atoms with van der Waals surface area (Å²) in [7, 11) is 0. The van der Waals surface area contributed by atoms with Crippen LogP contribution in [0.5, 0.6) is 0 Å². The van der Waals surface area contributed by atoms with Crippen LogP contribution in [0.15, 0.2) is 24.3 Å². The predicted molar refractivity (Wildman–Crippen MR) is 60.4 cm³/mol. The number of amides is 1. The molecule has 0 aliphatic heterocycles. The van der Waals surface area contributed by atoms with Crippen molar-refractivity contribution < 1.29 is 44.3 Å². The molecule has 0 aliphatic carbocycles. The number of carbonyl (C=O) groups excluding carboxylic acids is 1. The highest BCUT2D eigenvalue weighted by Gasteiger charge is 2.88. The van der Waals surface area contributed by atoms with Crippen molar-refractivity contribution >= 4 is 11.6 Å². The molecule has 0 aliphatic rings. The fourth-order valence-electron chi connectivity index (χ4n) is 1.72. The summed E-state index contributed by atoms with van der Waals surface area (Å²) in [5, 5.41) is 9.42. The van der Waals surface area contributed by atoms with Crippen LogP contribution < -0.4 is 5.32 Å². The van der Waals surface area contributed by atoms with Gasteiger partial charge in [-0.05, 0) is 24.3 Å². The van der Waals surface area contributed by atoms with E-state index < -0.39 is 35.5 Å². The average Bonchev–Trinajstić information content (AvgIpc) is 2.34. The Labute approximate surface area is 127 Å². The van der Waals surface area contributed by atoms with Gasteiger partial charge in [0.05, 0.1) is 11.6 Å². The second-order valence-electron chi connectivity index (χ2n) is 4.39. The minimum Gasteiger partial charge on any atom is -0.325 e. The molecule has 1 amide bonds. The van der Waals surface area contributed by atoms with Crippen LogP contribution >= 0.6 is 0 Å². The third-order valence-electron chi connectivity index (χ3n) is 2.89. The highest BCUT2D eigenvalue weighted by atomic mass is 19.4. The van der Waals surface area contributed by atoms with Crippen LogP contribution in [0.4, 0.5) is 45.2 Å². The van der Waals surface area contributed by atoms with Gasteiger partial charge in [-0.1, -0.05) is 0 Å². The van der Waals surface area contributed by atoms with E-state index >= 15 is 0 Å². The van der Waals surface area contributed by atoms with Gasteiger partial charge in [-0.25, -0.2) is 0 Å². The maximum atomic E-state index is 12.7. The van der Waals surface area contributed by atoms with Crippen molar-refractivity contribution in [2.24, 2.45) is 5.41 Å². The number of hydrogen-bond donors (Lipinski definition) is 1. The van der Waals surface area contributed by atoms with E-state index in [1.54, 1.807) is 6.07 Å². The Morgan fingerprint density at radius 3 is 1.50 bits per heavy atom. The van der Waals surface area contributed by atoms with Gasteiger partial charge >= 0.3 is 23.9 Å². The molecule has 0 saturated heterocycles. The molecule has 0 aromatic heterocycles. The van der Waals surface area contributed by atoms with E-state index in [1.165, 1.54) is 0 Å². The summed E-state index contributed by atoms with van der Waals surface area (Å²) in [6.45, 7) is 0. The molecular weight excluding hydrogens is 359 g/mol. The Morgan fingerprint density at radius 2 is 1.21 bits per heavy atom. The number of nitrogens with zero attached hydrogens (tertiary/aromatic N) is 1. The molecule has 24 heavy (non-hydrogen) atoms. The van der Waals surface area contributed by atoms with Gasteiger partial charge in [0.25, 0.3) is 5.91 Å². The number of anilines is 1. The average molecular weight is 364 g/mol. The fraction of sp³-hybridized carbons (Fsp3) is 0.333. The van der Waals surface area contributed by atoms with Crippen LogP contribution in [0.1, 0.15) is 5.56 Å². The minimum atomic E-state index is -6.99. The van der Waals surface area contributed by atoms with E-state index in [0.29, 0.717) is 12.1 Å². The summed E-state index contributed by atoms with van der Waals surface area (Å²) >= 11 is 0. The van der Waals surface area contributed by atoms with Crippen LogP contribution in [0.25, 0.3) is 0 Å². The van der Waals surface area contributed by atoms with Gasteiger partial charge in [-0.2, -0.15) is 44.8 Å². The number of nitriles is 1. The zero-order chi connectivity index (χ0) is 19.0. The third-order valence-corrected chi connectivity index (χ3v) is 2.89. The summed E-state index contributed by atoms with van der Waals surface area (Å²) in [6.07, 6.45) is -21.0. The molecule has 1 rings (SSSR count). The summed E-state index contributed by atoms with van der Waals surface area (Å²) in [5.41, 5.74) is -7.45. The van der Waals surface area contributed by atoms with Crippen molar-refractivity contribution in [1.29, 1.82) is 5.26 Å². The first-order chi connectivity index (χ1) is 10.7. The first kappa shape index (κ1) is 19.6. The lowest BCUT2D eigenvalue weighted by Crippen LogP contribution is -2.65. The Morgan fingerprint density at radius 1 is 0.833 bits per heavy atom. The molecule has 0 bridgehead atoms. The zero-order valence-electron chi connectivity index (χ0n) is 11.1. The van der Waals surface area contributed by atoms with Crippen molar-refractivity contribution in [3.63, 3.8) is 0 Å². The second-order valence-corrected chi connectivity index (χ2v) is 4.39. The molecule has 132 valence electrons. The first-order valence-corrected chi connectivity index (χ1v) is 5.70. The summed E-state index contributed by atoms with van der Waals surface area (Å²) in [6, 6.07) is 4.69. The monoisotopic (exact) mass is 364 g/mol. The van der Waals surface area contributed by atoms with E-state index in [4.69, 9.17) is 5.26 Å². The van der Waals surface area contributed by atoms with Gasteiger partial charge < -0.3 is 5.32 Å². The van der Waals surface area contributed by atoms with Gasteiger partial charge in [-0.15, -0.1) is 0 Å². The lowest BCUT2D eigenvalue weighted by Gasteiger charge is -2.36. The first-order valence-electron chi connectivity index (χ1n) is 5.70. The van der Waals surface area contributed by atoms with Crippen molar-refractivity contribution in [3.8, 4) is 6.07 Å². The largest absolute Gasteiger partial charge is 0.421 e. The Bertz CT molecular complexity index is 614. The highest BCUT2D eigenvalue weighted by Crippen LogP contribution is 2.59. The molecule has 0 atom stereocenters. The van der Waals surface area contributed by atoms with E-state index in [0.717, 1.165) is 17.4 Å². The lowest BCUT2D eigenvalue weighted by molar-refractivity contribution is -0.405. The molecule has 0 unspecified atom stereocenters. The molecular formula is C12H5F9N2O. The standard InChI is InChI=1S/C12H5F9N2O/c13-10(14,15)9(11(16,17)18,12(19,20)21)8(24)23-7-3-1-6(5-22)2-4-7/h1-4H,(H,23,24). The fourth-order valence-corrected chi connectivity index (χ4v) is 1.72. The number of benzene rings is 1. The lowest BCUT2D eigenvalue weighted by atomic mass is 9.84. The van der Waals surface area contributed by atoms with Crippen molar-refractivity contribution in [2.45, 2.75) is 18.5 Å². The Balaban J connectivity index is 3.44. The quantitative estimate of drug-likeness (QED) is 0.801. The van der Waals surface area contributed by atoms with Crippen LogP contribution in [-0.4, -0.2) is 24.4 Å². The van der Waals surface area contributed by atoms with Crippen LogP contribution in [0.3, 0.4) is 0 Å². The third kappa shape index (κ3) is 3.10. The summed E-state index contributed by atoms with van der Waals surface area (Å²) in [5.74, 6) is -3.35. The molecule has 0 heterocycles. The molecule has 0 radical (unpaired) electrons. The zero-order valence-corrected chi connectivity index (χ0v) is 11.1. The molecule has 1 aromatic rings. The van der Waals surface area contributed by atoms with Crippen LogP contribution in [-0.2, 0) is 4.79 Å². The van der Waals surface area contributed by atoms with Gasteiger partial charge in [0.1, 0.15) is 0 Å². The highest BCUT2D eigenvalue weighted by molar-refractivity contribution is 5.97. The van der Waals surface area contributed by atoms with Gasteiger partial charge in [0, 0.05) is 5.69 Å². The number of nitrogens with one attached hydrogen (secondary N) is 1. The van der Waals surface area contributed by atoms with Gasteiger partial charge in [0.15, 0.2) is 0 Å². The Kier molecular flexibility index (Phi) is 4.80. The number of halogens is 9. The minimum absolute atomic E-state index is 0.0817. The number of alkyl halides is 9. The molecule has 12 heteroatoms. The molecule has 0 spiro atoms. The van der Waals surface area contributed by atoms with Crippen LogP contribution in [0.2, 0.25) is 0 Å². The maximum Gasteiger partial charge on any atom is 0.421 e. The van der Waals surface area contributed by atoms with E-state index in [1.807, 2.05) is 0 Å². The number of hydrogen-bond acceptors (Lipinski definition) is 2. The summed E-state index contributed by atoms with van der Waals surface area (Å²) in [4.78, 5) is 11.4. The van der Waals surface area contributed by atoms with Gasteiger partial charge in [0.2, 0.25) is 0 Å². The molecule has 0 saturated carbocycles. The SMILES string of the molecule is N#Cc1ccc(NC(=O)C(C(F)(F)F)(C(F)(F)F)C(F)(F)F)cc1. The van der Waals surface area contributed by atoms with E-state index in [-0.39, 0.29) is 5.56 Å². The van der Waals surface area contributed by atoms with E-state index in [9.17, 15) is 44.3 Å². The number of carbonyl (C=O) groups is 1. The molecule has 1 aromatic carbocycles. The maximum absolute atomic E-state index is 12.7. The predicted octanol–water partition coefficient (Wildman–Crippen LogP) is 4.17. The topological polar surface area (TPSA) is 52.9 Å². The Hall–Kier alpha value is -2.45. The van der Waals surface area contributed by atoms with Gasteiger partial charge in [-0.3, -0.25) is 4.79 Å². The number of rotatable bonds is 2. The van der Waals surface area contributed by atoms with Crippen LogP contribution in [0, 0.1) is 16.7 Å². The molecule has 1 N–H and O–H groups in total. The van der Waals surface area contributed by atoms with E-state index in [2.05, 4.69) is 0 Å². The molecule has 0 fully saturated rings. The summed E-state index contributed by atoms with van der Waals surface area (Å²) < 4.78 is 114.